The van der Waals surface area contributed by atoms with Crippen molar-refractivity contribution in [2.45, 2.75) is 13.5 Å². The number of aldehydes is 1. The number of pyridine rings is 1. The molecule has 2 rings (SSSR count). The summed E-state index contributed by atoms with van der Waals surface area (Å²) in [5, 5.41) is 1.11. The fourth-order valence-corrected chi connectivity index (χ4v) is 1.65. The summed E-state index contributed by atoms with van der Waals surface area (Å²) < 4.78 is 2.16. The molecular formula is C12H12NO+. The van der Waals surface area contributed by atoms with Gasteiger partial charge >= 0.3 is 0 Å². The summed E-state index contributed by atoms with van der Waals surface area (Å²) in [6.07, 6.45) is 2.92. The first-order chi connectivity index (χ1) is 6.85. The van der Waals surface area contributed by atoms with Gasteiger partial charge in [0.25, 0.3) is 0 Å². The molecule has 0 bridgehead atoms. The molecule has 0 unspecified atom stereocenters. The zero-order chi connectivity index (χ0) is 9.97. The number of carbonyl (C=O) groups excluding carboxylic acids is 1. The van der Waals surface area contributed by atoms with Gasteiger partial charge < -0.3 is 0 Å². The average molecular weight is 186 g/mol. The highest BCUT2D eigenvalue weighted by Gasteiger charge is 2.05. The van der Waals surface area contributed by atoms with Crippen molar-refractivity contribution in [1.82, 2.24) is 0 Å². The van der Waals surface area contributed by atoms with Gasteiger partial charge in [0.2, 0.25) is 5.52 Å². The molecule has 0 aliphatic carbocycles. The summed E-state index contributed by atoms with van der Waals surface area (Å²) in [6.45, 7) is 3.05. The topological polar surface area (TPSA) is 20.9 Å². The lowest BCUT2D eigenvalue weighted by molar-refractivity contribution is -0.667. The molecule has 1 aromatic carbocycles. The Balaban J connectivity index is 2.73. The quantitative estimate of drug-likeness (QED) is 0.519. The number of benzene rings is 1. The number of fused-ring (bicyclic) bond motifs is 1. The van der Waals surface area contributed by atoms with Gasteiger partial charge in [-0.3, -0.25) is 4.79 Å². The van der Waals surface area contributed by atoms with Crippen LogP contribution in [0.5, 0.6) is 0 Å². The number of aryl methyl sites for hydroxylation is 1. The number of nitrogens with zero attached hydrogens (tertiary/aromatic N) is 1. The Morgan fingerprint density at radius 3 is 2.93 bits per heavy atom. The summed E-state index contributed by atoms with van der Waals surface area (Å²) in [4.78, 5) is 10.6. The van der Waals surface area contributed by atoms with Crippen LogP contribution in [0.25, 0.3) is 10.9 Å². The summed E-state index contributed by atoms with van der Waals surface area (Å²) >= 11 is 0. The molecule has 0 atom stereocenters. The molecule has 0 saturated heterocycles. The highest BCUT2D eigenvalue weighted by molar-refractivity contribution is 5.85. The van der Waals surface area contributed by atoms with Crippen LogP contribution in [0.3, 0.4) is 0 Å². The van der Waals surface area contributed by atoms with E-state index in [4.69, 9.17) is 0 Å². The largest absolute Gasteiger partial charge is 0.298 e. The van der Waals surface area contributed by atoms with Crippen LogP contribution < -0.4 is 4.57 Å². The lowest BCUT2D eigenvalue weighted by atomic mass is 10.1. The van der Waals surface area contributed by atoms with Crippen molar-refractivity contribution in [3.8, 4) is 0 Å². The maximum Gasteiger partial charge on any atom is 0.212 e. The molecule has 0 amide bonds. The van der Waals surface area contributed by atoms with Gasteiger partial charge in [0.15, 0.2) is 6.20 Å². The first-order valence-corrected chi connectivity index (χ1v) is 4.72. The van der Waals surface area contributed by atoms with Gasteiger partial charge in [0.05, 0.1) is 0 Å². The van der Waals surface area contributed by atoms with E-state index in [1.54, 1.807) is 0 Å². The van der Waals surface area contributed by atoms with Gasteiger partial charge in [0, 0.05) is 23.1 Å². The number of carbonyl (C=O) groups is 1. The first-order valence-electron chi connectivity index (χ1n) is 4.72. The highest BCUT2D eigenvalue weighted by atomic mass is 16.1. The van der Waals surface area contributed by atoms with E-state index in [1.807, 2.05) is 36.5 Å². The van der Waals surface area contributed by atoms with E-state index in [-0.39, 0.29) is 0 Å². The minimum Gasteiger partial charge on any atom is -0.298 e. The predicted molar refractivity (Wildman–Crippen MR) is 55.2 cm³/mol. The van der Waals surface area contributed by atoms with Crippen molar-refractivity contribution in [3.63, 3.8) is 0 Å². The SMILES string of the molecule is CC[n+]1cccc2cc(C=O)ccc21. The molecule has 0 fully saturated rings. The molecule has 2 heteroatoms. The van der Waals surface area contributed by atoms with Crippen molar-refractivity contribution < 1.29 is 9.36 Å². The smallest absolute Gasteiger partial charge is 0.212 e. The second kappa shape index (κ2) is 3.58. The van der Waals surface area contributed by atoms with E-state index in [0.29, 0.717) is 0 Å². The van der Waals surface area contributed by atoms with Crippen LogP contribution in [0.1, 0.15) is 17.3 Å². The third kappa shape index (κ3) is 1.39. The van der Waals surface area contributed by atoms with Crippen molar-refractivity contribution in [3.05, 3.63) is 42.1 Å². The van der Waals surface area contributed by atoms with Crippen LogP contribution in [-0.2, 0) is 6.54 Å². The Kier molecular flexibility index (Phi) is 2.27. The Labute approximate surface area is 82.8 Å². The molecule has 2 aromatic rings. The number of hydrogen-bond acceptors (Lipinski definition) is 1. The molecule has 1 aromatic heterocycles. The molecule has 0 aliphatic rings. The van der Waals surface area contributed by atoms with Crippen molar-refractivity contribution in [2.24, 2.45) is 0 Å². The van der Waals surface area contributed by atoms with E-state index in [9.17, 15) is 4.79 Å². The Bertz CT molecular complexity index is 477. The first kappa shape index (κ1) is 8.88. The lowest BCUT2D eigenvalue weighted by Gasteiger charge is -1.98. The van der Waals surface area contributed by atoms with Gasteiger partial charge in [-0.15, -0.1) is 0 Å². The van der Waals surface area contributed by atoms with E-state index < -0.39 is 0 Å². The maximum atomic E-state index is 10.6. The van der Waals surface area contributed by atoms with Crippen LogP contribution >= 0.6 is 0 Å². The third-order valence-electron chi connectivity index (χ3n) is 2.38. The Morgan fingerprint density at radius 2 is 2.21 bits per heavy atom. The summed E-state index contributed by atoms with van der Waals surface area (Å²) in [7, 11) is 0. The minimum atomic E-state index is 0.728. The Morgan fingerprint density at radius 1 is 1.36 bits per heavy atom. The number of hydrogen-bond donors (Lipinski definition) is 0. The second-order valence-corrected chi connectivity index (χ2v) is 3.23. The normalized spacial score (nSPS) is 10.4. The zero-order valence-corrected chi connectivity index (χ0v) is 8.10. The fourth-order valence-electron chi connectivity index (χ4n) is 1.65. The second-order valence-electron chi connectivity index (χ2n) is 3.23. The Hall–Kier alpha value is -1.70. The van der Waals surface area contributed by atoms with Crippen molar-refractivity contribution in [1.29, 1.82) is 0 Å². The highest BCUT2D eigenvalue weighted by Crippen LogP contribution is 2.10. The molecule has 70 valence electrons. The van der Waals surface area contributed by atoms with Crippen molar-refractivity contribution in [2.75, 3.05) is 0 Å². The molecular weight excluding hydrogens is 174 g/mol. The van der Waals surface area contributed by atoms with Crippen LogP contribution in [-0.4, -0.2) is 6.29 Å². The molecule has 1 heterocycles. The zero-order valence-electron chi connectivity index (χ0n) is 8.10. The maximum absolute atomic E-state index is 10.6. The van der Waals surface area contributed by atoms with Crippen LogP contribution in [0, 0.1) is 0 Å². The summed E-state index contributed by atoms with van der Waals surface area (Å²) in [6, 6.07) is 9.77. The van der Waals surface area contributed by atoms with E-state index in [0.717, 1.165) is 23.8 Å². The van der Waals surface area contributed by atoms with Gasteiger partial charge in [-0.05, 0) is 25.1 Å². The molecule has 0 N–H and O–H groups in total. The van der Waals surface area contributed by atoms with Gasteiger partial charge in [-0.25, -0.2) is 0 Å². The van der Waals surface area contributed by atoms with Crippen LogP contribution in [0.2, 0.25) is 0 Å². The van der Waals surface area contributed by atoms with Crippen LogP contribution in [0.15, 0.2) is 36.5 Å². The van der Waals surface area contributed by atoms with Crippen molar-refractivity contribution >= 4 is 17.2 Å². The molecule has 14 heavy (non-hydrogen) atoms. The van der Waals surface area contributed by atoms with Gasteiger partial charge in [-0.2, -0.15) is 4.57 Å². The van der Waals surface area contributed by atoms with E-state index >= 15 is 0 Å². The monoisotopic (exact) mass is 186 g/mol. The molecule has 2 nitrogen and oxygen atoms in total. The molecule has 0 aliphatic heterocycles. The van der Waals surface area contributed by atoms with Gasteiger partial charge in [0.1, 0.15) is 12.8 Å². The van der Waals surface area contributed by atoms with Gasteiger partial charge in [-0.1, -0.05) is 0 Å². The van der Waals surface area contributed by atoms with E-state index in [1.165, 1.54) is 5.52 Å². The summed E-state index contributed by atoms with van der Waals surface area (Å²) in [5.41, 5.74) is 1.90. The molecule has 0 radical (unpaired) electrons. The predicted octanol–water partition coefficient (Wildman–Crippen LogP) is 1.96. The third-order valence-corrected chi connectivity index (χ3v) is 2.38. The number of rotatable bonds is 2. The van der Waals surface area contributed by atoms with E-state index in [2.05, 4.69) is 11.5 Å². The minimum absolute atomic E-state index is 0.728. The fraction of sp³-hybridized carbons (Fsp3) is 0.167. The average Bonchev–Trinajstić information content (AvgIpc) is 2.27. The standard InChI is InChI=1S/C12H12NO/c1-2-13-7-3-4-11-8-10(9-14)5-6-12(11)13/h3-9H,2H2,1H3/q+1. The lowest BCUT2D eigenvalue weighted by Crippen LogP contribution is -2.32. The van der Waals surface area contributed by atoms with Crippen LogP contribution in [0.4, 0.5) is 0 Å². The molecule has 0 spiro atoms. The molecule has 0 saturated carbocycles. The summed E-state index contributed by atoms with van der Waals surface area (Å²) in [5.74, 6) is 0. The number of aromatic nitrogens is 1.